The van der Waals surface area contributed by atoms with Crippen LogP contribution in [0.4, 0.5) is 0 Å². The van der Waals surface area contributed by atoms with Crippen molar-refractivity contribution in [3.63, 3.8) is 0 Å². The van der Waals surface area contributed by atoms with E-state index in [9.17, 15) is 9.90 Å². The van der Waals surface area contributed by atoms with Crippen molar-refractivity contribution in [1.82, 2.24) is 10.6 Å². The van der Waals surface area contributed by atoms with Crippen molar-refractivity contribution in [2.24, 2.45) is 0 Å². The number of hydrogen-bond acceptors (Lipinski definition) is 4. The molecule has 0 heterocycles. The molecule has 0 aliphatic heterocycles. The highest BCUT2D eigenvalue weighted by molar-refractivity contribution is 5.80. The van der Waals surface area contributed by atoms with Crippen LogP contribution in [0.5, 0.6) is 5.75 Å². The molecule has 0 aliphatic rings. The molecule has 1 aromatic rings. The SMILES string of the molecule is CCc1cccc(OCC(O)CNC(C)C(=O)NC)c1. The van der Waals surface area contributed by atoms with Crippen LogP contribution < -0.4 is 15.4 Å². The zero-order valence-corrected chi connectivity index (χ0v) is 12.3. The Balaban J connectivity index is 2.32. The molecular formula is C15H24N2O3. The first kappa shape index (κ1) is 16.5. The molecule has 0 radical (unpaired) electrons. The van der Waals surface area contributed by atoms with E-state index in [2.05, 4.69) is 17.6 Å². The summed E-state index contributed by atoms with van der Waals surface area (Å²) in [6.07, 6.45) is 0.290. The zero-order chi connectivity index (χ0) is 15.0. The summed E-state index contributed by atoms with van der Waals surface area (Å²) < 4.78 is 5.54. The number of ether oxygens (including phenoxy) is 1. The summed E-state index contributed by atoms with van der Waals surface area (Å²) in [6, 6.07) is 7.47. The number of hydrogen-bond donors (Lipinski definition) is 3. The maximum absolute atomic E-state index is 11.3. The highest BCUT2D eigenvalue weighted by Crippen LogP contribution is 2.13. The van der Waals surface area contributed by atoms with E-state index in [1.807, 2.05) is 24.3 Å². The lowest BCUT2D eigenvalue weighted by Crippen LogP contribution is -2.44. The van der Waals surface area contributed by atoms with E-state index in [0.717, 1.165) is 12.2 Å². The van der Waals surface area contributed by atoms with Crippen molar-refractivity contribution in [3.05, 3.63) is 29.8 Å². The summed E-state index contributed by atoms with van der Waals surface area (Å²) in [5.74, 6) is 0.650. The fourth-order valence-electron chi connectivity index (χ4n) is 1.73. The molecule has 0 spiro atoms. The molecule has 0 aromatic heterocycles. The van der Waals surface area contributed by atoms with Crippen LogP contribution in [0.15, 0.2) is 24.3 Å². The summed E-state index contributed by atoms with van der Waals surface area (Å²) in [6.45, 7) is 4.33. The van der Waals surface area contributed by atoms with E-state index in [1.165, 1.54) is 5.56 Å². The lowest BCUT2D eigenvalue weighted by atomic mass is 10.2. The van der Waals surface area contributed by atoms with Gasteiger partial charge in [-0.3, -0.25) is 4.79 Å². The second-order valence-electron chi connectivity index (χ2n) is 4.71. The van der Waals surface area contributed by atoms with Gasteiger partial charge in [0, 0.05) is 13.6 Å². The molecule has 3 N–H and O–H groups in total. The zero-order valence-electron chi connectivity index (χ0n) is 12.3. The normalized spacial score (nSPS) is 13.6. The molecule has 0 saturated carbocycles. The number of aliphatic hydroxyl groups is 1. The van der Waals surface area contributed by atoms with Crippen molar-refractivity contribution in [2.45, 2.75) is 32.4 Å². The minimum atomic E-state index is -0.660. The first-order chi connectivity index (χ1) is 9.56. The number of likely N-dealkylation sites (N-methyl/N-ethyl adjacent to an activating group) is 1. The van der Waals surface area contributed by atoms with Gasteiger partial charge in [0.05, 0.1) is 6.04 Å². The van der Waals surface area contributed by atoms with Crippen molar-refractivity contribution in [2.75, 3.05) is 20.2 Å². The Morgan fingerprint density at radius 3 is 2.85 bits per heavy atom. The molecule has 5 heteroatoms. The predicted octanol–water partition coefficient (Wildman–Crippen LogP) is 0.713. The van der Waals surface area contributed by atoms with E-state index in [-0.39, 0.29) is 18.6 Å². The molecule has 0 aliphatic carbocycles. The first-order valence-electron chi connectivity index (χ1n) is 6.91. The Morgan fingerprint density at radius 1 is 1.45 bits per heavy atom. The second-order valence-corrected chi connectivity index (χ2v) is 4.71. The highest BCUT2D eigenvalue weighted by atomic mass is 16.5. The van der Waals surface area contributed by atoms with Crippen molar-refractivity contribution in [1.29, 1.82) is 0 Å². The third-order valence-electron chi connectivity index (χ3n) is 3.05. The van der Waals surface area contributed by atoms with Gasteiger partial charge in [0.15, 0.2) is 0 Å². The summed E-state index contributed by atoms with van der Waals surface area (Å²) >= 11 is 0. The van der Waals surface area contributed by atoms with Crippen LogP contribution >= 0.6 is 0 Å². The summed E-state index contributed by atoms with van der Waals surface area (Å²) in [4.78, 5) is 11.3. The smallest absolute Gasteiger partial charge is 0.236 e. The third-order valence-corrected chi connectivity index (χ3v) is 3.05. The minimum Gasteiger partial charge on any atom is -0.491 e. The van der Waals surface area contributed by atoms with Crippen LogP contribution in [0.3, 0.4) is 0 Å². The largest absolute Gasteiger partial charge is 0.491 e. The van der Waals surface area contributed by atoms with Crippen LogP contribution in [0, 0.1) is 0 Å². The fraction of sp³-hybridized carbons (Fsp3) is 0.533. The molecule has 2 atom stereocenters. The molecule has 2 unspecified atom stereocenters. The lowest BCUT2D eigenvalue weighted by Gasteiger charge is -2.16. The number of carbonyl (C=O) groups excluding carboxylic acids is 1. The van der Waals surface area contributed by atoms with Crippen molar-refractivity contribution in [3.8, 4) is 5.75 Å². The molecule has 0 fully saturated rings. The van der Waals surface area contributed by atoms with Crippen molar-refractivity contribution < 1.29 is 14.6 Å². The molecule has 0 bridgehead atoms. The van der Waals surface area contributed by atoms with Gasteiger partial charge in [-0.25, -0.2) is 0 Å². The number of carbonyl (C=O) groups is 1. The first-order valence-corrected chi connectivity index (χ1v) is 6.91. The van der Waals surface area contributed by atoms with Gasteiger partial charge in [0.1, 0.15) is 18.5 Å². The lowest BCUT2D eigenvalue weighted by molar-refractivity contribution is -0.122. The van der Waals surface area contributed by atoms with Crippen LogP contribution in [0.25, 0.3) is 0 Å². The van der Waals surface area contributed by atoms with E-state index in [0.29, 0.717) is 6.54 Å². The van der Waals surface area contributed by atoms with Crippen LogP contribution in [0.1, 0.15) is 19.4 Å². The average Bonchev–Trinajstić information content (AvgIpc) is 2.49. The maximum atomic E-state index is 11.3. The molecule has 1 aromatic carbocycles. The number of benzene rings is 1. The van der Waals surface area contributed by atoms with E-state index in [4.69, 9.17) is 4.74 Å². The van der Waals surface area contributed by atoms with Gasteiger partial charge in [0.25, 0.3) is 0 Å². The number of aryl methyl sites for hydroxylation is 1. The van der Waals surface area contributed by atoms with Gasteiger partial charge in [-0.15, -0.1) is 0 Å². The Bertz CT molecular complexity index is 423. The second kappa shape index (κ2) is 8.55. The Morgan fingerprint density at radius 2 is 2.20 bits per heavy atom. The Labute approximate surface area is 120 Å². The minimum absolute atomic E-state index is 0.103. The summed E-state index contributed by atoms with van der Waals surface area (Å²) in [5, 5.41) is 15.3. The van der Waals surface area contributed by atoms with Gasteiger partial charge >= 0.3 is 0 Å². The molecule has 20 heavy (non-hydrogen) atoms. The summed E-state index contributed by atoms with van der Waals surface area (Å²) in [7, 11) is 1.58. The van der Waals surface area contributed by atoms with Crippen molar-refractivity contribution >= 4 is 5.91 Å². The van der Waals surface area contributed by atoms with Gasteiger partial charge < -0.3 is 20.5 Å². The number of rotatable bonds is 8. The van der Waals surface area contributed by atoms with Gasteiger partial charge in [-0.2, -0.15) is 0 Å². The van der Waals surface area contributed by atoms with Gasteiger partial charge in [-0.05, 0) is 31.0 Å². The van der Waals surface area contributed by atoms with Crippen LogP contribution in [0.2, 0.25) is 0 Å². The molecule has 0 saturated heterocycles. The maximum Gasteiger partial charge on any atom is 0.236 e. The number of nitrogens with one attached hydrogen (secondary N) is 2. The molecular weight excluding hydrogens is 256 g/mol. The Kier molecular flexibility index (Phi) is 7.04. The van der Waals surface area contributed by atoms with Crippen LogP contribution in [-0.4, -0.2) is 43.4 Å². The average molecular weight is 280 g/mol. The van der Waals surface area contributed by atoms with Gasteiger partial charge in [-0.1, -0.05) is 19.1 Å². The van der Waals surface area contributed by atoms with Crippen LogP contribution in [-0.2, 0) is 11.2 Å². The number of aliphatic hydroxyl groups excluding tert-OH is 1. The van der Waals surface area contributed by atoms with E-state index < -0.39 is 6.10 Å². The molecule has 1 rings (SSSR count). The molecule has 1 amide bonds. The highest BCUT2D eigenvalue weighted by Gasteiger charge is 2.12. The number of amides is 1. The predicted molar refractivity (Wildman–Crippen MR) is 78.9 cm³/mol. The fourth-order valence-corrected chi connectivity index (χ4v) is 1.73. The summed E-state index contributed by atoms with van der Waals surface area (Å²) in [5.41, 5.74) is 1.20. The Hall–Kier alpha value is -1.59. The van der Waals surface area contributed by atoms with E-state index in [1.54, 1.807) is 14.0 Å². The third kappa shape index (κ3) is 5.59. The molecule has 5 nitrogen and oxygen atoms in total. The van der Waals surface area contributed by atoms with E-state index >= 15 is 0 Å². The standard InChI is InChI=1S/C15H24N2O3/c1-4-12-6-5-7-14(8-12)20-10-13(18)9-17-11(2)15(19)16-3/h5-8,11,13,17-18H,4,9-10H2,1-3H3,(H,16,19). The molecule has 112 valence electrons. The quantitative estimate of drug-likeness (QED) is 0.656. The van der Waals surface area contributed by atoms with Gasteiger partial charge in [0.2, 0.25) is 5.91 Å². The monoisotopic (exact) mass is 280 g/mol. The topological polar surface area (TPSA) is 70.6 Å².